The second-order valence-corrected chi connectivity index (χ2v) is 5.65. The van der Waals surface area contributed by atoms with Gasteiger partial charge in [-0.2, -0.15) is 5.10 Å². The van der Waals surface area contributed by atoms with Gasteiger partial charge in [0.25, 0.3) is 0 Å². The SMILES string of the molecule is Cc1nn(C)c(C)c1Cn1c(=S)[nH]c2cccc(C)c21. The van der Waals surface area contributed by atoms with E-state index in [-0.39, 0.29) is 0 Å². The van der Waals surface area contributed by atoms with Gasteiger partial charge in [0.05, 0.1) is 23.3 Å². The molecule has 0 unspecified atom stereocenters. The van der Waals surface area contributed by atoms with Crippen LogP contribution in [0.5, 0.6) is 0 Å². The average molecular weight is 286 g/mol. The quantitative estimate of drug-likeness (QED) is 0.733. The first kappa shape index (κ1) is 13.1. The summed E-state index contributed by atoms with van der Waals surface area (Å²) in [6.45, 7) is 7.02. The molecule has 3 aromatic rings. The third-order valence-corrected chi connectivity index (χ3v) is 4.29. The lowest BCUT2D eigenvalue weighted by Gasteiger charge is -2.07. The summed E-state index contributed by atoms with van der Waals surface area (Å²) in [6.07, 6.45) is 0. The summed E-state index contributed by atoms with van der Waals surface area (Å²) in [6, 6.07) is 6.23. The summed E-state index contributed by atoms with van der Waals surface area (Å²) in [7, 11) is 1.98. The van der Waals surface area contributed by atoms with Crippen molar-refractivity contribution < 1.29 is 0 Å². The zero-order valence-electron chi connectivity index (χ0n) is 12.2. The zero-order chi connectivity index (χ0) is 14.4. The molecule has 0 spiro atoms. The van der Waals surface area contributed by atoms with Crippen molar-refractivity contribution in [2.75, 3.05) is 0 Å². The molecule has 0 atom stereocenters. The third-order valence-electron chi connectivity index (χ3n) is 3.97. The van der Waals surface area contributed by atoms with Gasteiger partial charge in [-0.25, -0.2) is 0 Å². The monoisotopic (exact) mass is 286 g/mol. The van der Waals surface area contributed by atoms with Gasteiger partial charge in [-0.15, -0.1) is 0 Å². The van der Waals surface area contributed by atoms with E-state index in [1.807, 2.05) is 24.7 Å². The van der Waals surface area contributed by atoms with E-state index in [0.29, 0.717) is 0 Å². The smallest absolute Gasteiger partial charge is 0.178 e. The number of benzene rings is 1. The molecule has 0 radical (unpaired) electrons. The van der Waals surface area contributed by atoms with Crippen LogP contribution < -0.4 is 0 Å². The number of imidazole rings is 1. The van der Waals surface area contributed by atoms with Crippen molar-refractivity contribution in [2.24, 2.45) is 7.05 Å². The van der Waals surface area contributed by atoms with E-state index in [0.717, 1.165) is 22.5 Å². The van der Waals surface area contributed by atoms with Crippen LogP contribution >= 0.6 is 12.2 Å². The maximum atomic E-state index is 5.49. The second-order valence-electron chi connectivity index (χ2n) is 5.26. The van der Waals surface area contributed by atoms with Crippen molar-refractivity contribution in [3.8, 4) is 0 Å². The molecule has 0 aliphatic rings. The molecule has 0 fully saturated rings. The molecule has 0 amide bonds. The minimum atomic E-state index is 0.759. The van der Waals surface area contributed by atoms with Gasteiger partial charge < -0.3 is 9.55 Å². The summed E-state index contributed by atoms with van der Waals surface area (Å²) in [5.74, 6) is 0. The number of aryl methyl sites for hydroxylation is 3. The first-order chi connectivity index (χ1) is 9.49. The Kier molecular flexibility index (Phi) is 3.01. The topological polar surface area (TPSA) is 38.5 Å². The van der Waals surface area contributed by atoms with E-state index in [1.54, 1.807) is 0 Å². The van der Waals surface area contributed by atoms with Gasteiger partial charge >= 0.3 is 0 Å². The Labute approximate surface area is 123 Å². The summed E-state index contributed by atoms with van der Waals surface area (Å²) in [5.41, 5.74) is 7.00. The molecule has 0 saturated heterocycles. The number of aromatic nitrogens is 4. The molecule has 1 N–H and O–H groups in total. The molecule has 104 valence electrons. The van der Waals surface area contributed by atoms with E-state index >= 15 is 0 Å². The van der Waals surface area contributed by atoms with E-state index in [4.69, 9.17) is 12.2 Å². The van der Waals surface area contributed by atoms with Gasteiger partial charge in [-0.1, -0.05) is 12.1 Å². The van der Waals surface area contributed by atoms with Crippen LogP contribution in [-0.4, -0.2) is 19.3 Å². The Morgan fingerprint density at radius 2 is 2.00 bits per heavy atom. The van der Waals surface area contributed by atoms with Crippen molar-refractivity contribution in [2.45, 2.75) is 27.3 Å². The predicted molar refractivity (Wildman–Crippen MR) is 83.6 cm³/mol. The highest BCUT2D eigenvalue weighted by molar-refractivity contribution is 7.71. The molecular weight excluding hydrogens is 268 g/mol. The number of aromatic amines is 1. The van der Waals surface area contributed by atoms with Gasteiger partial charge in [0, 0.05) is 18.3 Å². The lowest BCUT2D eigenvalue weighted by atomic mass is 10.1. The van der Waals surface area contributed by atoms with Gasteiger partial charge in [-0.05, 0) is 44.6 Å². The van der Waals surface area contributed by atoms with Crippen LogP contribution in [0.2, 0.25) is 0 Å². The van der Waals surface area contributed by atoms with Crippen LogP contribution in [0, 0.1) is 25.5 Å². The normalized spacial score (nSPS) is 11.4. The molecule has 20 heavy (non-hydrogen) atoms. The van der Waals surface area contributed by atoms with Crippen LogP contribution in [0.3, 0.4) is 0 Å². The Bertz CT molecular complexity index is 851. The lowest BCUT2D eigenvalue weighted by molar-refractivity contribution is 0.727. The molecule has 0 aliphatic carbocycles. The average Bonchev–Trinajstić information content (AvgIpc) is 2.83. The highest BCUT2D eigenvalue weighted by Gasteiger charge is 2.13. The largest absolute Gasteiger partial charge is 0.331 e. The van der Waals surface area contributed by atoms with Gasteiger partial charge in [0.15, 0.2) is 4.77 Å². The first-order valence-electron chi connectivity index (χ1n) is 6.66. The minimum Gasteiger partial charge on any atom is -0.331 e. The van der Waals surface area contributed by atoms with Crippen LogP contribution in [0.15, 0.2) is 18.2 Å². The summed E-state index contributed by atoms with van der Waals surface area (Å²) < 4.78 is 4.85. The zero-order valence-corrected chi connectivity index (χ0v) is 13.0. The standard InChI is InChI=1S/C15H18N4S/c1-9-6-5-7-13-14(9)19(15(20)16-13)8-12-10(2)17-18(4)11(12)3/h5-7H,8H2,1-4H3,(H,16,20). The number of hydrogen-bond acceptors (Lipinski definition) is 2. The Morgan fingerprint density at radius 1 is 1.25 bits per heavy atom. The highest BCUT2D eigenvalue weighted by atomic mass is 32.1. The van der Waals surface area contributed by atoms with Crippen molar-refractivity contribution in [3.05, 3.63) is 45.5 Å². The maximum absolute atomic E-state index is 5.49. The van der Waals surface area contributed by atoms with E-state index < -0.39 is 0 Å². The van der Waals surface area contributed by atoms with Crippen LogP contribution in [0.4, 0.5) is 0 Å². The Morgan fingerprint density at radius 3 is 2.65 bits per heavy atom. The summed E-state index contributed by atoms with van der Waals surface area (Å²) in [4.78, 5) is 3.28. The van der Waals surface area contributed by atoms with Crippen molar-refractivity contribution in [1.29, 1.82) is 0 Å². The molecule has 2 heterocycles. The number of para-hydroxylation sites is 1. The molecule has 3 rings (SSSR count). The molecule has 2 aromatic heterocycles. The van der Waals surface area contributed by atoms with E-state index in [2.05, 4.69) is 40.6 Å². The van der Waals surface area contributed by atoms with E-state index in [9.17, 15) is 0 Å². The first-order valence-corrected chi connectivity index (χ1v) is 7.07. The second kappa shape index (κ2) is 4.59. The minimum absolute atomic E-state index is 0.759. The number of nitrogens with one attached hydrogen (secondary N) is 1. The van der Waals surface area contributed by atoms with Crippen molar-refractivity contribution in [3.63, 3.8) is 0 Å². The van der Waals surface area contributed by atoms with Crippen LogP contribution in [-0.2, 0) is 13.6 Å². The molecule has 0 bridgehead atoms. The Balaban J connectivity index is 2.21. The molecule has 0 aliphatic heterocycles. The van der Waals surface area contributed by atoms with Crippen LogP contribution in [0.1, 0.15) is 22.5 Å². The third kappa shape index (κ3) is 1.89. The van der Waals surface area contributed by atoms with Crippen molar-refractivity contribution in [1.82, 2.24) is 19.3 Å². The molecule has 0 saturated carbocycles. The number of rotatable bonds is 2. The highest BCUT2D eigenvalue weighted by Crippen LogP contribution is 2.21. The molecule has 4 nitrogen and oxygen atoms in total. The van der Waals surface area contributed by atoms with Gasteiger partial charge in [0.1, 0.15) is 0 Å². The molecule has 5 heteroatoms. The van der Waals surface area contributed by atoms with Crippen molar-refractivity contribution >= 4 is 23.3 Å². The number of fused-ring (bicyclic) bond motifs is 1. The lowest BCUT2D eigenvalue weighted by Crippen LogP contribution is -2.03. The fourth-order valence-electron chi connectivity index (χ4n) is 2.76. The fourth-order valence-corrected chi connectivity index (χ4v) is 3.02. The molecular formula is C15H18N4S. The van der Waals surface area contributed by atoms with Gasteiger partial charge in [0.2, 0.25) is 0 Å². The van der Waals surface area contributed by atoms with E-state index in [1.165, 1.54) is 22.3 Å². The summed E-state index contributed by atoms with van der Waals surface area (Å²) >= 11 is 5.49. The Hall–Kier alpha value is -1.88. The van der Waals surface area contributed by atoms with Crippen LogP contribution in [0.25, 0.3) is 11.0 Å². The number of nitrogens with zero attached hydrogens (tertiary/aromatic N) is 3. The predicted octanol–water partition coefficient (Wildman–Crippen LogP) is 3.41. The number of H-pyrrole nitrogens is 1. The van der Waals surface area contributed by atoms with Gasteiger partial charge in [-0.3, -0.25) is 4.68 Å². The number of hydrogen-bond donors (Lipinski definition) is 1. The fraction of sp³-hybridized carbons (Fsp3) is 0.333. The molecule has 1 aromatic carbocycles. The maximum Gasteiger partial charge on any atom is 0.178 e. The summed E-state index contributed by atoms with van der Waals surface area (Å²) in [5, 5.41) is 4.48.